The zero-order valence-electron chi connectivity index (χ0n) is 15.5. The Morgan fingerprint density at radius 3 is 2.85 bits per heavy atom. The monoisotopic (exact) mass is 382 g/mol. The van der Waals surface area contributed by atoms with Crippen molar-refractivity contribution in [2.75, 3.05) is 26.2 Å². The smallest absolute Gasteiger partial charge is 0.272 e. The van der Waals surface area contributed by atoms with E-state index in [1.807, 2.05) is 0 Å². The minimum absolute atomic E-state index is 0.114. The minimum Gasteiger partial charge on any atom is -0.365 e. The standard InChI is InChI=1S/C17H26N4O4S/c1-12(2)4-5-21-10-17-9-20(16(22)14-7-18-11-19(14)3)8-13(25-17)6-15(17)26(21,23)24/h7,11-13,15H,4-6,8-10H2,1-3H3/t13-,15+,17+/m1/s1. The average molecular weight is 382 g/mol. The van der Waals surface area contributed by atoms with Crippen LogP contribution < -0.4 is 0 Å². The Labute approximate surface area is 154 Å². The van der Waals surface area contributed by atoms with Gasteiger partial charge in [-0.05, 0) is 18.8 Å². The third kappa shape index (κ3) is 2.68. The number of morpholine rings is 1. The number of amides is 1. The number of hydrogen-bond donors (Lipinski definition) is 0. The van der Waals surface area contributed by atoms with Crippen molar-refractivity contribution in [3.05, 3.63) is 18.2 Å². The number of sulfonamides is 1. The summed E-state index contributed by atoms with van der Waals surface area (Å²) < 4.78 is 35.5. The second-order valence-corrected chi connectivity index (χ2v) is 10.3. The van der Waals surface area contributed by atoms with Crippen LogP contribution in [0.3, 0.4) is 0 Å². The second kappa shape index (κ2) is 6.03. The predicted molar refractivity (Wildman–Crippen MR) is 95.1 cm³/mol. The molecule has 0 saturated carbocycles. The van der Waals surface area contributed by atoms with Gasteiger partial charge >= 0.3 is 0 Å². The lowest BCUT2D eigenvalue weighted by molar-refractivity contribution is -0.0979. The van der Waals surface area contributed by atoms with Crippen LogP contribution in [-0.2, 0) is 21.8 Å². The first-order valence-electron chi connectivity index (χ1n) is 9.15. The summed E-state index contributed by atoms with van der Waals surface area (Å²) in [7, 11) is -1.60. The maximum absolute atomic E-state index is 13.0. The van der Waals surface area contributed by atoms with E-state index in [0.29, 0.717) is 44.2 Å². The SMILES string of the molecule is CC(C)CCN1C[C@@]23CN(C(=O)c4cncn4C)C[C@@H](C[C@@H]2S1(=O)=O)O3. The molecule has 3 aliphatic heterocycles. The summed E-state index contributed by atoms with van der Waals surface area (Å²) in [6.45, 7) is 5.78. The van der Waals surface area contributed by atoms with E-state index in [0.717, 1.165) is 6.42 Å². The molecule has 2 bridgehead atoms. The number of aryl methyl sites for hydroxylation is 1. The Balaban J connectivity index is 1.58. The number of aromatic nitrogens is 2. The number of carbonyl (C=O) groups excluding carboxylic acids is 1. The van der Waals surface area contributed by atoms with E-state index in [1.165, 1.54) is 0 Å². The fourth-order valence-electron chi connectivity index (χ4n) is 4.43. The Morgan fingerprint density at radius 1 is 1.42 bits per heavy atom. The lowest BCUT2D eigenvalue weighted by Crippen LogP contribution is -2.56. The molecule has 0 aromatic carbocycles. The highest BCUT2D eigenvalue weighted by atomic mass is 32.2. The highest BCUT2D eigenvalue weighted by molar-refractivity contribution is 7.90. The van der Waals surface area contributed by atoms with Gasteiger partial charge in [-0.15, -0.1) is 0 Å². The maximum Gasteiger partial charge on any atom is 0.272 e. The summed E-state index contributed by atoms with van der Waals surface area (Å²) in [5.41, 5.74) is -0.288. The van der Waals surface area contributed by atoms with E-state index in [2.05, 4.69) is 18.8 Å². The van der Waals surface area contributed by atoms with Crippen LogP contribution in [0.4, 0.5) is 0 Å². The van der Waals surface area contributed by atoms with Crippen molar-refractivity contribution in [3.8, 4) is 0 Å². The van der Waals surface area contributed by atoms with Crippen LogP contribution in [0.25, 0.3) is 0 Å². The van der Waals surface area contributed by atoms with E-state index < -0.39 is 20.9 Å². The number of ether oxygens (including phenoxy) is 1. The van der Waals surface area contributed by atoms with E-state index in [1.54, 1.807) is 33.3 Å². The number of rotatable bonds is 4. The molecule has 9 heteroatoms. The van der Waals surface area contributed by atoms with Crippen molar-refractivity contribution in [2.24, 2.45) is 13.0 Å². The first-order valence-corrected chi connectivity index (χ1v) is 10.7. The van der Waals surface area contributed by atoms with Gasteiger partial charge in [-0.25, -0.2) is 13.4 Å². The second-order valence-electron chi connectivity index (χ2n) is 8.17. The van der Waals surface area contributed by atoms with Crippen LogP contribution in [0.15, 0.2) is 12.5 Å². The minimum atomic E-state index is -3.38. The van der Waals surface area contributed by atoms with Gasteiger partial charge in [-0.2, -0.15) is 4.31 Å². The molecule has 8 nitrogen and oxygen atoms in total. The van der Waals surface area contributed by atoms with Crippen molar-refractivity contribution in [1.29, 1.82) is 0 Å². The topological polar surface area (TPSA) is 84.7 Å². The molecule has 3 saturated heterocycles. The Morgan fingerprint density at radius 2 is 2.19 bits per heavy atom. The molecule has 0 radical (unpaired) electrons. The van der Waals surface area contributed by atoms with Crippen molar-refractivity contribution in [2.45, 2.75) is 43.6 Å². The molecular weight excluding hydrogens is 356 g/mol. The van der Waals surface area contributed by atoms with Crippen molar-refractivity contribution < 1.29 is 17.9 Å². The third-order valence-corrected chi connectivity index (χ3v) is 8.16. The molecule has 0 aliphatic carbocycles. The summed E-state index contributed by atoms with van der Waals surface area (Å²) in [6.07, 6.45) is 4.22. The molecule has 0 unspecified atom stereocenters. The number of carbonyl (C=O) groups is 1. The molecule has 26 heavy (non-hydrogen) atoms. The number of likely N-dealkylation sites (tertiary alicyclic amines) is 1. The van der Waals surface area contributed by atoms with Crippen LogP contribution in [0.2, 0.25) is 0 Å². The number of hydrogen-bond acceptors (Lipinski definition) is 5. The summed E-state index contributed by atoms with van der Waals surface area (Å²) in [6, 6.07) is 0. The van der Waals surface area contributed by atoms with Crippen LogP contribution in [-0.4, -0.2) is 76.2 Å². The first kappa shape index (κ1) is 17.9. The summed E-state index contributed by atoms with van der Waals surface area (Å²) in [5.74, 6) is 0.322. The normalized spacial score (nSPS) is 33.0. The van der Waals surface area contributed by atoms with E-state index in [9.17, 15) is 13.2 Å². The Hall–Kier alpha value is -1.45. The van der Waals surface area contributed by atoms with Crippen LogP contribution >= 0.6 is 0 Å². The molecule has 1 amide bonds. The van der Waals surface area contributed by atoms with Gasteiger partial charge in [-0.1, -0.05) is 13.8 Å². The molecule has 4 heterocycles. The van der Waals surface area contributed by atoms with Crippen molar-refractivity contribution in [3.63, 3.8) is 0 Å². The van der Waals surface area contributed by atoms with Gasteiger partial charge in [0, 0.05) is 26.7 Å². The fraction of sp³-hybridized carbons (Fsp3) is 0.765. The third-order valence-electron chi connectivity index (χ3n) is 5.79. The van der Waals surface area contributed by atoms with Gasteiger partial charge in [0.25, 0.3) is 5.91 Å². The highest BCUT2D eigenvalue weighted by Crippen LogP contribution is 2.46. The molecule has 4 rings (SSSR count). The molecule has 3 atom stereocenters. The first-order chi connectivity index (χ1) is 12.2. The molecule has 3 fully saturated rings. The number of nitrogens with zero attached hydrogens (tertiary/aromatic N) is 4. The van der Waals surface area contributed by atoms with Gasteiger partial charge < -0.3 is 14.2 Å². The zero-order valence-corrected chi connectivity index (χ0v) is 16.3. The molecule has 3 aliphatic rings. The molecule has 144 valence electrons. The van der Waals surface area contributed by atoms with Crippen molar-refractivity contribution >= 4 is 15.9 Å². The number of imidazole rings is 1. The zero-order chi connectivity index (χ0) is 18.7. The fourth-order valence-corrected chi connectivity index (χ4v) is 6.76. The maximum atomic E-state index is 13.0. The van der Waals surface area contributed by atoms with Crippen LogP contribution in [0.1, 0.15) is 37.2 Å². The lowest BCUT2D eigenvalue weighted by atomic mass is 9.99. The lowest BCUT2D eigenvalue weighted by Gasteiger charge is -2.39. The van der Waals surface area contributed by atoms with Gasteiger partial charge in [0.1, 0.15) is 16.5 Å². The summed E-state index contributed by atoms with van der Waals surface area (Å²) in [4.78, 5) is 18.6. The van der Waals surface area contributed by atoms with E-state index in [-0.39, 0.29) is 12.0 Å². The van der Waals surface area contributed by atoms with Crippen LogP contribution in [0.5, 0.6) is 0 Å². The van der Waals surface area contributed by atoms with E-state index >= 15 is 0 Å². The summed E-state index contributed by atoms with van der Waals surface area (Å²) >= 11 is 0. The van der Waals surface area contributed by atoms with Crippen molar-refractivity contribution in [1.82, 2.24) is 18.8 Å². The molecule has 0 N–H and O–H groups in total. The largest absolute Gasteiger partial charge is 0.365 e. The number of fused-ring (bicyclic) bond motifs is 1. The quantitative estimate of drug-likeness (QED) is 0.755. The average Bonchev–Trinajstić information content (AvgIpc) is 3.16. The van der Waals surface area contributed by atoms with E-state index in [4.69, 9.17) is 4.74 Å². The molecular formula is C17H26N4O4S. The predicted octanol–water partition coefficient (Wildman–Crippen LogP) is 0.464. The molecule has 1 spiro atoms. The van der Waals surface area contributed by atoms with Gasteiger partial charge in [0.05, 0.1) is 25.2 Å². The van der Waals surface area contributed by atoms with Gasteiger partial charge in [0.15, 0.2) is 0 Å². The molecule has 1 aromatic rings. The Bertz CT molecular complexity index is 820. The van der Waals surface area contributed by atoms with Gasteiger partial charge in [-0.3, -0.25) is 4.79 Å². The molecule has 1 aromatic heterocycles. The Kier molecular flexibility index (Phi) is 4.16. The van der Waals surface area contributed by atoms with Gasteiger partial charge in [0.2, 0.25) is 10.0 Å². The highest BCUT2D eigenvalue weighted by Gasteiger charge is 2.65. The van der Waals surface area contributed by atoms with Crippen LogP contribution in [0, 0.1) is 5.92 Å². The summed E-state index contributed by atoms with van der Waals surface area (Å²) in [5, 5.41) is -0.545.